The minimum atomic E-state index is -0.412. The number of fused-ring (bicyclic) bond motifs is 3. The number of hydroxylamine groups is 1. The van der Waals surface area contributed by atoms with Gasteiger partial charge in [0.1, 0.15) is 5.82 Å². The lowest BCUT2D eigenvalue weighted by Crippen LogP contribution is -2.18. The van der Waals surface area contributed by atoms with Crippen LogP contribution in [0.4, 0.5) is 4.39 Å². The van der Waals surface area contributed by atoms with Crippen molar-refractivity contribution >= 4 is 17.3 Å². The van der Waals surface area contributed by atoms with E-state index in [4.69, 9.17) is 11.6 Å². The monoisotopic (exact) mass is 327 g/mol. The van der Waals surface area contributed by atoms with Crippen molar-refractivity contribution in [3.05, 3.63) is 87.9 Å². The molecule has 1 aliphatic heterocycles. The molecule has 0 spiro atoms. The summed E-state index contributed by atoms with van der Waals surface area (Å²) in [5.74, 6) is 0.181. The number of hydrogen-bond donors (Lipinski definition) is 0. The third-order valence-electron chi connectivity index (χ3n) is 3.85. The number of hydrogen-bond acceptors (Lipinski definition) is 2. The summed E-state index contributed by atoms with van der Waals surface area (Å²) in [7, 11) is 0. The fraction of sp³-hybridized carbons (Fsp3) is 0.0588. The van der Waals surface area contributed by atoms with Crippen molar-refractivity contribution in [1.82, 2.24) is 9.55 Å². The lowest BCUT2D eigenvalue weighted by atomic mass is 10.00. The van der Waals surface area contributed by atoms with Crippen LogP contribution in [0.2, 0.25) is 5.02 Å². The van der Waals surface area contributed by atoms with E-state index in [1.165, 1.54) is 12.1 Å². The Morgan fingerprint density at radius 1 is 1.17 bits per heavy atom. The molecule has 0 radical (unpaired) electrons. The average Bonchev–Trinajstić information content (AvgIpc) is 2.94. The van der Waals surface area contributed by atoms with E-state index >= 15 is 0 Å². The van der Waals surface area contributed by atoms with Gasteiger partial charge in [-0.3, -0.25) is 4.57 Å². The summed E-state index contributed by atoms with van der Waals surface area (Å²) in [6, 6.07) is 11.4. The van der Waals surface area contributed by atoms with Gasteiger partial charge in [0.05, 0.1) is 21.8 Å². The molecule has 4 rings (SSSR count). The number of aromatic nitrogens is 2. The lowest BCUT2D eigenvalue weighted by Gasteiger charge is -2.12. The normalized spacial score (nSPS) is 13.5. The number of nitrogens with zero attached hydrogens (tertiary/aromatic N) is 3. The van der Waals surface area contributed by atoms with Gasteiger partial charge in [0.2, 0.25) is 12.3 Å². The molecule has 0 fully saturated rings. The summed E-state index contributed by atoms with van der Waals surface area (Å²) >= 11 is 6.27. The second-order valence-corrected chi connectivity index (χ2v) is 5.65. The van der Waals surface area contributed by atoms with Crippen LogP contribution in [-0.2, 0) is 6.54 Å². The van der Waals surface area contributed by atoms with Crippen LogP contribution in [-0.4, -0.2) is 20.0 Å². The maximum Gasteiger partial charge on any atom is 0.229 e. The molecule has 4 nitrogen and oxygen atoms in total. The van der Waals surface area contributed by atoms with Gasteiger partial charge in [-0.2, -0.15) is 4.74 Å². The van der Waals surface area contributed by atoms with Crippen molar-refractivity contribution in [2.75, 3.05) is 0 Å². The number of imidazole rings is 1. The first-order valence-electron chi connectivity index (χ1n) is 7.04. The number of rotatable bonds is 1. The topological polar surface area (TPSA) is 43.9 Å². The lowest BCUT2D eigenvalue weighted by molar-refractivity contribution is -0.475. The molecule has 0 atom stereocenters. The third kappa shape index (κ3) is 2.21. The Balaban J connectivity index is 2.07. The Hall–Kier alpha value is -2.66. The SMILES string of the molecule is [O-][N+]1=C(c2ccccc2Cl)c2cc(F)ccc2-n2ccnc2C1. The molecular formula is C17H11ClFN3O. The summed E-state index contributed by atoms with van der Waals surface area (Å²) in [6.07, 6.45) is 3.38. The highest BCUT2D eigenvalue weighted by Gasteiger charge is 2.28. The predicted octanol–water partition coefficient (Wildman–Crippen LogP) is 3.53. The van der Waals surface area contributed by atoms with Crippen molar-refractivity contribution < 1.29 is 9.13 Å². The highest BCUT2D eigenvalue weighted by molar-refractivity contribution is 6.35. The minimum absolute atomic E-state index is 0.0594. The molecule has 0 N–H and O–H groups in total. The van der Waals surface area contributed by atoms with E-state index in [0.29, 0.717) is 33.4 Å². The molecule has 23 heavy (non-hydrogen) atoms. The van der Waals surface area contributed by atoms with Gasteiger partial charge in [-0.05, 0) is 30.3 Å². The van der Waals surface area contributed by atoms with Crippen LogP contribution in [0.3, 0.4) is 0 Å². The zero-order valence-corrected chi connectivity index (χ0v) is 12.7. The molecule has 114 valence electrons. The van der Waals surface area contributed by atoms with E-state index < -0.39 is 5.82 Å². The standard InChI is InChI=1S/C17H11ClFN3O/c18-14-4-2-1-3-12(14)17-13-9-11(19)5-6-15(13)21-8-7-20-16(21)10-22(17)23/h1-9H,10H2. The van der Waals surface area contributed by atoms with Gasteiger partial charge in [0.15, 0.2) is 5.82 Å². The Bertz CT molecular complexity index is 949. The van der Waals surface area contributed by atoms with Gasteiger partial charge >= 0.3 is 0 Å². The molecule has 2 heterocycles. The quantitative estimate of drug-likeness (QED) is 0.507. The van der Waals surface area contributed by atoms with Crippen molar-refractivity contribution in [2.24, 2.45) is 0 Å². The molecule has 6 heteroatoms. The number of halogens is 2. The largest absolute Gasteiger partial charge is 0.623 e. The zero-order chi connectivity index (χ0) is 16.0. The Morgan fingerprint density at radius 2 is 2.00 bits per heavy atom. The summed E-state index contributed by atoms with van der Waals surface area (Å²) in [5.41, 5.74) is 2.11. The first kappa shape index (κ1) is 14.0. The van der Waals surface area contributed by atoms with Crippen molar-refractivity contribution in [3.63, 3.8) is 0 Å². The molecular weight excluding hydrogens is 317 g/mol. The molecule has 1 aromatic heterocycles. The van der Waals surface area contributed by atoms with Crippen LogP contribution >= 0.6 is 11.6 Å². The molecule has 0 saturated heterocycles. The zero-order valence-electron chi connectivity index (χ0n) is 11.9. The second-order valence-electron chi connectivity index (χ2n) is 5.24. The van der Waals surface area contributed by atoms with E-state index in [-0.39, 0.29) is 6.54 Å². The van der Waals surface area contributed by atoms with Gasteiger partial charge in [-0.1, -0.05) is 23.7 Å². The Morgan fingerprint density at radius 3 is 2.83 bits per heavy atom. The van der Waals surface area contributed by atoms with Gasteiger partial charge in [0, 0.05) is 12.4 Å². The highest BCUT2D eigenvalue weighted by Crippen LogP contribution is 2.27. The van der Waals surface area contributed by atoms with Crippen molar-refractivity contribution in [2.45, 2.75) is 6.54 Å². The van der Waals surface area contributed by atoms with E-state index in [9.17, 15) is 9.60 Å². The van der Waals surface area contributed by atoms with E-state index in [1.807, 2.05) is 0 Å². The van der Waals surface area contributed by atoms with Crippen LogP contribution in [0.25, 0.3) is 5.69 Å². The maximum absolute atomic E-state index is 13.9. The molecule has 0 aliphatic carbocycles. The Labute approximate surface area is 136 Å². The van der Waals surface area contributed by atoms with Crippen LogP contribution in [0.1, 0.15) is 17.0 Å². The molecule has 0 unspecified atom stereocenters. The maximum atomic E-state index is 13.9. The third-order valence-corrected chi connectivity index (χ3v) is 4.18. The van der Waals surface area contributed by atoms with Crippen LogP contribution in [0.15, 0.2) is 54.9 Å². The van der Waals surface area contributed by atoms with Gasteiger partial charge < -0.3 is 5.21 Å². The molecule has 2 aromatic carbocycles. The van der Waals surface area contributed by atoms with E-state index in [0.717, 1.165) is 4.74 Å². The molecule has 0 amide bonds. The fourth-order valence-corrected chi connectivity index (χ4v) is 3.08. The summed E-state index contributed by atoms with van der Waals surface area (Å²) in [6.45, 7) is 0.0594. The van der Waals surface area contributed by atoms with Crippen LogP contribution in [0, 0.1) is 11.0 Å². The van der Waals surface area contributed by atoms with Crippen LogP contribution in [0.5, 0.6) is 0 Å². The van der Waals surface area contributed by atoms with E-state index in [2.05, 4.69) is 4.98 Å². The van der Waals surface area contributed by atoms with Gasteiger partial charge in [0.25, 0.3) is 0 Å². The minimum Gasteiger partial charge on any atom is -0.623 e. The second kappa shape index (κ2) is 5.21. The predicted molar refractivity (Wildman–Crippen MR) is 85.5 cm³/mol. The number of benzene rings is 2. The average molecular weight is 328 g/mol. The molecule has 3 aromatic rings. The fourth-order valence-electron chi connectivity index (χ4n) is 2.85. The summed E-state index contributed by atoms with van der Waals surface area (Å²) < 4.78 is 16.5. The first-order chi connectivity index (χ1) is 11.1. The first-order valence-corrected chi connectivity index (χ1v) is 7.42. The Kier molecular flexibility index (Phi) is 3.16. The molecule has 0 bridgehead atoms. The molecule has 1 aliphatic rings. The van der Waals surface area contributed by atoms with Gasteiger partial charge in [-0.15, -0.1) is 0 Å². The van der Waals surface area contributed by atoms with Gasteiger partial charge in [-0.25, -0.2) is 9.37 Å². The summed E-state index contributed by atoms with van der Waals surface area (Å²) in [5, 5.41) is 13.2. The van der Waals surface area contributed by atoms with Crippen molar-refractivity contribution in [1.29, 1.82) is 0 Å². The van der Waals surface area contributed by atoms with Crippen molar-refractivity contribution in [3.8, 4) is 5.69 Å². The highest BCUT2D eigenvalue weighted by atomic mass is 35.5. The smallest absolute Gasteiger partial charge is 0.229 e. The van der Waals surface area contributed by atoms with Crippen LogP contribution < -0.4 is 0 Å². The summed E-state index contributed by atoms with van der Waals surface area (Å²) in [4.78, 5) is 4.22. The van der Waals surface area contributed by atoms with E-state index in [1.54, 1.807) is 47.3 Å². The molecule has 0 saturated carbocycles.